The Morgan fingerprint density at radius 3 is 2.24 bits per heavy atom. The van der Waals surface area contributed by atoms with Crippen molar-refractivity contribution in [1.82, 2.24) is 29.8 Å². The highest BCUT2D eigenvalue weighted by molar-refractivity contribution is 5.80. The number of nitrogens with one attached hydrogen (secondary N) is 1. The second kappa shape index (κ2) is 12.3. The van der Waals surface area contributed by atoms with E-state index < -0.39 is 6.29 Å². The number of H-pyrrole nitrogens is 1. The molecule has 0 spiro atoms. The van der Waals surface area contributed by atoms with Crippen molar-refractivity contribution in [2.24, 2.45) is 5.92 Å². The molecule has 38 heavy (non-hydrogen) atoms. The smallest absolute Gasteiger partial charge is 0.329 e. The number of aromatic nitrogens is 6. The molecule has 0 saturated heterocycles. The van der Waals surface area contributed by atoms with Gasteiger partial charge >= 0.3 is 5.69 Å². The second-order valence-corrected chi connectivity index (χ2v) is 10.0. The Kier molecular flexibility index (Phi) is 8.91. The van der Waals surface area contributed by atoms with Crippen LogP contribution in [0.25, 0.3) is 22.5 Å². The van der Waals surface area contributed by atoms with E-state index in [0.29, 0.717) is 18.3 Å². The fourth-order valence-corrected chi connectivity index (χ4v) is 4.83. The van der Waals surface area contributed by atoms with Gasteiger partial charge in [0.1, 0.15) is 0 Å². The van der Waals surface area contributed by atoms with Crippen molar-refractivity contribution in [3.63, 3.8) is 0 Å². The summed E-state index contributed by atoms with van der Waals surface area (Å²) < 4.78 is 15.1. The maximum atomic E-state index is 13.9. The van der Waals surface area contributed by atoms with E-state index in [-0.39, 0.29) is 11.7 Å². The highest BCUT2D eigenvalue weighted by Crippen LogP contribution is 2.31. The minimum absolute atomic E-state index is 0.0216. The molecule has 0 aliphatic heterocycles. The number of ether oxygens (including phenoxy) is 2. The number of hydrogen-bond donors (Lipinski definition) is 1. The number of rotatable bonds is 12. The van der Waals surface area contributed by atoms with Crippen LogP contribution in [0.3, 0.4) is 0 Å². The predicted molar refractivity (Wildman–Crippen MR) is 148 cm³/mol. The third-order valence-corrected chi connectivity index (χ3v) is 7.08. The highest BCUT2D eigenvalue weighted by Gasteiger charge is 2.28. The molecule has 0 radical (unpaired) electrons. The van der Waals surface area contributed by atoms with E-state index in [9.17, 15) is 4.79 Å². The van der Waals surface area contributed by atoms with Crippen molar-refractivity contribution in [3.05, 3.63) is 76.0 Å². The monoisotopic (exact) mass is 518 g/mol. The van der Waals surface area contributed by atoms with E-state index in [2.05, 4.69) is 72.6 Å². The summed E-state index contributed by atoms with van der Waals surface area (Å²) in [7, 11) is 3.24. The van der Waals surface area contributed by atoms with Gasteiger partial charge in [-0.25, -0.2) is 4.79 Å². The van der Waals surface area contributed by atoms with Gasteiger partial charge in [0.15, 0.2) is 6.29 Å². The molecule has 202 valence electrons. The first kappa shape index (κ1) is 27.5. The number of hydrogen-bond acceptors (Lipinski definition) is 6. The van der Waals surface area contributed by atoms with Crippen LogP contribution in [-0.2, 0) is 22.4 Å². The summed E-state index contributed by atoms with van der Waals surface area (Å²) in [5.41, 5.74) is 5.77. The van der Waals surface area contributed by atoms with Gasteiger partial charge in [0.2, 0.25) is 5.82 Å². The maximum absolute atomic E-state index is 13.9. The van der Waals surface area contributed by atoms with Crippen molar-refractivity contribution in [3.8, 4) is 22.5 Å². The summed E-state index contributed by atoms with van der Waals surface area (Å²) in [6.07, 6.45) is 1.95. The van der Waals surface area contributed by atoms with Crippen LogP contribution in [0.15, 0.2) is 53.3 Å². The van der Waals surface area contributed by atoms with Crippen LogP contribution in [0.5, 0.6) is 0 Å². The zero-order valence-electron chi connectivity index (χ0n) is 23.1. The van der Waals surface area contributed by atoms with Gasteiger partial charge in [-0.15, -0.1) is 10.2 Å². The van der Waals surface area contributed by atoms with Gasteiger partial charge in [-0.2, -0.15) is 5.21 Å². The Bertz CT molecular complexity index is 1370. The third kappa shape index (κ3) is 5.63. The van der Waals surface area contributed by atoms with E-state index in [1.807, 2.05) is 33.4 Å². The Labute approximate surface area is 223 Å². The minimum atomic E-state index is -0.607. The van der Waals surface area contributed by atoms with Crippen LogP contribution in [0, 0.1) is 5.92 Å². The van der Waals surface area contributed by atoms with Gasteiger partial charge < -0.3 is 9.47 Å². The second-order valence-electron chi connectivity index (χ2n) is 10.0. The van der Waals surface area contributed by atoms with E-state index in [0.717, 1.165) is 52.9 Å². The molecule has 0 saturated carbocycles. The van der Waals surface area contributed by atoms with Crippen LogP contribution in [-0.4, -0.2) is 44.0 Å². The molecule has 0 aliphatic rings. The van der Waals surface area contributed by atoms with Gasteiger partial charge in [-0.05, 0) is 54.0 Å². The van der Waals surface area contributed by atoms with Crippen LogP contribution in [0.4, 0.5) is 0 Å². The molecule has 0 amide bonds. The molecule has 1 unspecified atom stereocenters. The van der Waals surface area contributed by atoms with Gasteiger partial charge in [0.05, 0.1) is 12.2 Å². The molecule has 0 bridgehead atoms. The zero-order chi connectivity index (χ0) is 27.2. The van der Waals surface area contributed by atoms with Crippen LogP contribution in [0.2, 0.25) is 0 Å². The lowest BCUT2D eigenvalue weighted by Crippen LogP contribution is -2.28. The quantitative estimate of drug-likeness (QED) is 0.252. The normalized spacial score (nSPS) is 12.5. The molecule has 2 aromatic carbocycles. The number of methoxy groups -OCH3 is 2. The lowest BCUT2D eigenvalue weighted by molar-refractivity contribution is -0.111. The number of tetrazole rings is 1. The van der Waals surface area contributed by atoms with Crippen LogP contribution >= 0.6 is 0 Å². The minimum Gasteiger partial charge on any atom is -0.350 e. The van der Waals surface area contributed by atoms with Gasteiger partial charge in [0, 0.05) is 31.5 Å². The van der Waals surface area contributed by atoms with Crippen LogP contribution < -0.4 is 5.69 Å². The molecule has 2 heterocycles. The molecule has 4 aromatic rings. The fourth-order valence-electron chi connectivity index (χ4n) is 4.83. The molecule has 4 rings (SSSR count). The lowest BCUT2D eigenvalue weighted by atomic mass is 9.98. The Morgan fingerprint density at radius 1 is 0.974 bits per heavy atom. The average Bonchev–Trinajstić information content (AvgIpc) is 3.56. The van der Waals surface area contributed by atoms with E-state index in [4.69, 9.17) is 9.47 Å². The molecule has 0 fully saturated rings. The van der Waals surface area contributed by atoms with Gasteiger partial charge in [-0.3, -0.25) is 9.13 Å². The van der Waals surface area contributed by atoms with Crippen molar-refractivity contribution in [2.45, 2.75) is 65.8 Å². The molecule has 2 aromatic heterocycles. The standard InChI is InChI=1S/C29H38N6O3/c1-7-20(4)35-26(28(37-5)38-6)25(17-12-19(2)3)34(29(35)36)18-21-13-15-22(16-14-21)23-10-8-9-11-24(23)27-30-32-33-31-27/h8-11,13-16,19-20,28H,7,12,17-18H2,1-6H3,(H,30,31,32,33). The van der Waals surface area contributed by atoms with Crippen molar-refractivity contribution < 1.29 is 9.47 Å². The molecule has 9 heteroatoms. The van der Waals surface area contributed by atoms with Crippen molar-refractivity contribution in [2.75, 3.05) is 14.2 Å². The largest absolute Gasteiger partial charge is 0.350 e. The van der Waals surface area contributed by atoms with E-state index in [1.165, 1.54) is 0 Å². The molecule has 1 atom stereocenters. The lowest BCUT2D eigenvalue weighted by Gasteiger charge is -2.21. The zero-order valence-corrected chi connectivity index (χ0v) is 23.1. The van der Waals surface area contributed by atoms with Gasteiger partial charge in [-0.1, -0.05) is 69.3 Å². The Hall–Kier alpha value is -3.56. The van der Waals surface area contributed by atoms with Crippen LogP contribution in [0.1, 0.15) is 69.8 Å². The first-order valence-corrected chi connectivity index (χ1v) is 13.2. The summed E-state index contributed by atoms with van der Waals surface area (Å²) in [5.74, 6) is 1.05. The number of benzene rings is 2. The Balaban J connectivity index is 1.74. The van der Waals surface area contributed by atoms with Crippen molar-refractivity contribution >= 4 is 0 Å². The first-order chi connectivity index (χ1) is 18.4. The van der Waals surface area contributed by atoms with E-state index >= 15 is 0 Å². The molecular formula is C29H38N6O3. The molecule has 1 N–H and O–H groups in total. The summed E-state index contributed by atoms with van der Waals surface area (Å²) in [4.78, 5) is 13.9. The SMILES string of the molecule is CCC(C)n1c(C(OC)OC)c(CCC(C)C)n(Cc2ccc(-c3ccccc3-c3nn[nH]n3)cc2)c1=O. The molecular weight excluding hydrogens is 480 g/mol. The highest BCUT2D eigenvalue weighted by atomic mass is 16.7. The topological polar surface area (TPSA) is 99.8 Å². The Morgan fingerprint density at radius 2 is 1.66 bits per heavy atom. The fraction of sp³-hybridized carbons (Fsp3) is 0.448. The predicted octanol–water partition coefficient (Wildman–Crippen LogP) is 5.40. The molecule has 9 nitrogen and oxygen atoms in total. The number of nitrogens with zero attached hydrogens (tertiary/aromatic N) is 5. The summed E-state index contributed by atoms with van der Waals surface area (Å²) in [6.45, 7) is 9.02. The summed E-state index contributed by atoms with van der Waals surface area (Å²) >= 11 is 0. The summed E-state index contributed by atoms with van der Waals surface area (Å²) in [5, 5.41) is 14.5. The van der Waals surface area contributed by atoms with Crippen molar-refractivity contribution in [1.29, 1.82) is 0 Å². The van der Waals surface area contributed by atoms with Gasteiger partial charge in [0.25, 0.3) is 0 Å². The number of aromatic amines is 1. The molecule has 0 aliphatic carbocycles. The third-order valence-electron chi connectivity index (χ3n) is 7.08. The summed E-state index contributed by atoms with van der Waals surface area (Å²) in [6, 6.07) is 16.3. The average molecular weight is 519 g/mol. The first-order valence-electron chi connectivity index (χ1n) is 13.2. The number of imidazole rings is 1. The van der Waals surface area contributed by atoms with E-state index in [1.54, 1.807) is 14.2 Å². The maximum Gasteiger partial charge on any atom is 0.329 e.